The molecular formula is C11H13IN2S. The number of aromatic nitrogens is 2. The lowest BCUT2D eigenvalue weighted by molar-refractivity contribution is 0.441. The largest absolute Gasteiger partial charge is 0.329 e. The average Bonchev–Trinajstić information content (AvgIpc) is 2.79. The van der Waals surface area contributed by atoms with Gasteiger partial charge < -0.3 is 4.57 Å². The number of hydrogen-bond acceptors (Lipinski definition) is 2. The number of hydrogen-bond donors (Lipinski definition) is 0. The van der Waals surface area contributed by atoms with Crippen LogP contribution in [0.5, 0.6) is 0 Å². The summed E-state index contributed by atoms with van der Waals surface area (Å²) >= 11 is 4.23. The van der Waals surface area contributed by atoms with E-state index in [-0.39, 0.29) is 0 Å². The molecule has 0 N–H and O–H groups in total. The van der Waals surface area contributed by atoms with E-state index in [1.54, 1.807) is 0 Å². The van der Waals surface area contributed by atoms with Gasteiger partial charge in [0.2, 0.25) is 0 Å². The van der Waals surface area contributed by atoms with Crippen LogP contribution in [0.2, 0.25) is 0 Å². The minimum atomic E-state index is 0.416. The summed E-state index contributed by atoms with van der Waals surface area (Å²) in [5.74, 6) is 0.575. The van der Waals surface area contributed by atoms with Gasteiger partial charge in [-0.25, -0.2) is 4.98 Å². The van der Waals surface area contributed by atoms with Crippen molar-refractivity contribution in [1.29, 1.82) is 0 Å². The molecule has 0 aliphatic heterocycles. The zero-order valence-electron chi connectivity index (χ0n) is 8.72. The van der Waals surface area contributed by atoms with Crippen molar-refractivity contribution in [2.75, 3.05) is 0 Å². The molecule has 80 valence electrons. The summed E-state index contributed by atoms with van der Waals surface area (Å²) in [5.41, 5.74) is 0. The first-order chi connectivity index (χ1) is 7.20. The van der Waals surface area contributed by atoms with E-state index in [2.05, 4.69) is 57.4 Å². The maximum atomic E-state index is 4.13. The van der Waals surface area contributed by atoms with Crippen molar-refractivity contribution in [3.8, 4) is 0 Å². The number of thiophene rings is 1. The van der Waals surface area contributed by atoms with Gasteiger partial charge in [-0.3, -0.25) is 0 Å². The molecule has 15 heavy (non-hydrogen) atoms. The van der Waals surface area contributed by atoms with E-state index >= 15 is 0 Å². The Balaban J connectivity index is 2.41. The van der Waals surface area contributed by atoms with Gasteiger partial charge in [0, 0.05) is 20.8 Å². The first-order valence-corrected chi connectivity index (χ1v) is 6.86. The number of imidazole rings is 1. The fraction of sp³-hybridized carbons (Fsp3) is 0.364. The third kappa shape index (κ3) is 2.25. The van der Waals surface area contributed by atoms with Crippen LogP contribution in [0, 0.1) is 9.49 Å². The standard InChI is InChI=1S/C11H13IN2S/c1-8(2)10(14-5-4-13-7-14)11-9(12)3-6-15-11/h3-8,10H,1-2H3. The highest BCUT2D eigenvalue weighted by Gasteiger charge is 2.20. The highest BCUT2D eigenvalue weighted by Crippen LogP contribution is 2.33. The van der Waals surface area contributed by atoms with Crippen LogP contribution in [0.25, 0.3) is 0 Å². The Bertz CT molecular complexity index is 419. The minimum absolute atomic E-state index is 0.416. The van der Waals surface area contributed by atoms with E-state index in [4.69, 9.17) is 0 Å². The lowest BCUT2D eigenvalue weighted by Crippen LogP contribution is -2.14. The molecule has 2 heterocycles. The number of nitrogens with zero attached hydrogens (tertiary/aromatic N) is 2. The van der Waals surface area contributed by atoms with Crippen molar-refractivity contribution in [3.05, 3.63) is 38.6 Å². The van der Waals surface area contributed by atoms with Crippen LogP contribution < -0.4 is 0 Å². The maximum Gasteiger partial charge on any atom is 0.0952 e. The molecule has 0 fully saturated rings. The summed E-state index contributed by atoms with van der Waals surface area (Å²) in [6.45, 7) is 4.50. The molecule has 4 heteroatoms. The molecule has 1 unspecified atom stereocenters. The summed E-state index contributed by atoms with van der Waals surface area (Å²) in [6, 6.07) is 2.59. The topological polar surface area (TPSA) is 17.8 Å². The zero-order valence-corrected chi connectivity index (χ0v) is 11.7. The minimum Gasteiger partial charge on any atom is -0.329 e. The van der Waals surface area contributed by atoms with Crippen LogP contribution in [0.15, 0.2) is 30.2 Å². The monoisotopic (exact) mass is 332 g/mol. The molecule has 0 saturated carbocycles. The van der Waals surface area contributed by atoms with Gasteiger partial charge in [-0.2, -0.15) is 0 Å². The van der Waals surface area contributed by atoms with E-state index in [0.717, 1.165) is 0 Å². The van der Waals surface area contributed by atoms with Gasteiger partial charge in [0.15, 0.2) is 0 Å². The van der Waals surface area contributed by atoms with Crippen LogP contribution in [0.4, 0.5) is 0 Å². The quantitative estimate of drug-likeness (QED) is 0.782. The van der Waals surface area contributed by atoms with Crippen LogP contribution in [-0.4, -0.2) is 9.55 Å². The van der Waals surface area contributed by atoms with Crippen molar-refractivity contribution >= 4 is 33.9 Å². The van der Waals surface area contributed by atoms with Crippen molar-refractivity contribution < 1.29 is 0 Å². The van der Waals surface area contributed by atoms with E-state index in [1.807, 2.05) is 30.1 Å². The van der Waals surface area contributed by atoms with Crippen LogP contribution >= 0.6 is 33.9 Å². The lowest BCUT2D eigenvalue weighted by Gasteiger charge is -2.21. The molecule has 0 bridgehead atoms. The fourth-order valence-electron chi connectivity index (χ4n) is 1.73. The van der Waals surface area contributed by atoms with Gasteiger partial charge in [0.1, 0.15) is 0 Å². The maximum absolute atomic E-state index is 4.13. The van der Waals surface area contributed by atoms with Gasteiger partial charge in [0.25, 0.3) is 0 Å². The smallest absolute Gasteiger partial charge is 0.0952 e. The molecule has 2 aromatic rings. The van der Waals surface area contributed by atoms with E-state index in [1.165, 1.54) is 8.45 Å². The Kier molecular flexibility index (Phi) is 3.45. The predicted molar refractivity (Wildman–Crippen MR) is 72.2 cm³/mol. The summed E-state index contributed by atoms with van der Waals surface area (Å²) in [7, 11) is 0. The molecule has 0 aliphatic carbocycles. The van der Waals surface area contributed by atoms with E-state index in [9.17, 15) is 0 Å². The van der Waals surface area contributed by atoms with E-state index < -0.39 is 0 Å². The SMILES string of the molecule is CC(C)C(c1sccc1I)n1ccnc1. The Morgan fingerprint density at radius 3 is 2.73 bits per heavy atom. The van der Waals surface area contributed by atoms with Crippen molar-refractivity contribution in [1.82, 2.24) is 9.55 Å². The molecule has 0 aromatic carbocycles. The highest BCUT2D eigenvalue weighted by atomic mass is 127. The Hall–Kier alpha value is -0.360. The van der Waals surface area contributed by atoms with Crippen LogP contribution in [-0.2, 0) is 0 Å². The Morgan fingerprint density at radius 1 is 1.47 bits per heavy atom. The molecular weight excluding hydrogens is 319 g/mol. The second-order valence-electron chi connectivity index (χ2n) is 3.83. The first-order valence-electron chi connectivity index (χ1n) is 4.90. The number of halogens is 1. The molecule has 2 aromatic heterocycles. The van der Waals surface area contributed by atoms with Gasteiger partial charge in [-0.15, -0.1) is 11.3 Å². The summed E-state index contributed by atoms with van der Waals surface area (Å²) < 4.78 is 3.54. The average molecular weight is 332 g/mol. The molecule has 0 saturated heterocycles. The highest BCUT2D eigenvalue weighted by molar-refractivity contribution is 14.1. The molecule has 0 radical (unpaired) electrons. The van der Waals surface area contributed by atoms with Crippen molar-refractivity contribution in [2.45, 2.75) is 19.9 Å². The third-order valence-corrected chi connectivity index (χ3v) is 4.69. The molecule has 0 spiro atoms. The van der Waals surface area contributed by atoms with Crippen LogP contribution in [0.3, 0.4) is 0 Å². The summed E-state index contributed by atoms with van der Waals surface area (Å²) in [5, 5.41) is 2.16. The zero-order chi connectivity index (χ0) is 10.8. The van der Waals surface area contributed by atoms with Crippen LogP contribution in [0.1, 0.15) is 24.8 Å². The predicted octanol–water partition coefficient (Wildman–Crippen LogP) is 3.79. The molecule has 0 amide bonds. The second kappa shape index (κ2) is 4.65. The van der Waals surface area contributed by atoms with Crippen molar-refractivity contribution in [2.24, 2.45) is 5.92 Å². The molecule has 0 aliphatic rings. The Morgan fingerprint density at radius 2 is 2.27 bits per heavy atom. The van der Waals surface area contributed by atoms with Crippen molar-refractivity contribution in [3.63, 3.8) is 0 Å². The normalized spacial score (nSPS) is 13.3. The third-order valence-electron chi connectivity index (χ3n) is 2.39. The van der Waals surface area contributed by atoms with Gasteiger partial charge >= 0.3 is 0 Å². The molecule has 2 rings (SSSR count). The van der Waals surface area contributed by atoms with Gasteiger partial charge in [-0.1, -0.05) is 13.8 Å². The van der Waals surface area contributed by atoms with Gasteiger partial charge in [-0.05, 0) is 40.0 Å². The van der Waals surface area contributed by atoms with Gasteiger partial charge in [0.05, 0.1) is 12.4 Å². The van der Waals surface area contributed by atoms with E-state index in [0.29, 0.717) is 12.0 Å². The fourth-order valence-corrected chi connectivity index (χ4v) is 3.92. The Labute approximate surface area is 107 Å². The first kappa shape index (κ1) is 11.1. The lowest BCUT2D eigenvalue weighted by atomic mass is 10.0. The second-order valence-corrected chi connectivity index (χ2v) is 5.94. The summed E-state index contributed by atoms with van der Waals surface area (Å²) in [4.78, 5) is 5.56. The summed E-state index contributed by atoms with van der Waals surface area (Å²) in [6.07, 6.45) is 5.79. The molecule has 2 nitrogen and oxygen atoms in total. The molecule has 1 atom stereocenters. The number of rotatable bonds is 3.